The number of benzene rings is 1. The van der Waals surface area contributed by atoms with Gasteiger partial charge in [-0.2, -0.15) is 0 Å². The van der Waals surface area contributed by atoms with E-state index in [1.807, 2.05) is 4.90 Å². The fourth-order valence-corrected chi connectivity index (χ4v) is 2.89. The van der Waals surface area contributed by atoms with Crippen molar-refractivity contribution in [3.8, 4) is 0 Å². The Hall–Kier alpha value is -1.91. The molecule has 1 saturated heterocycles. The van der Waals surface area contributed by atoms with Crippen molar-refractivity contribution in [3.05, 3.63) is 35.6 Å². The molecule has 1 aromatic carbocycles. The zero-order chi connectivity index (χ0) is 15.9. The monoisotopic (exact) mass is 306 g/mol. The minimum absolute atomic E-state index is 0.107. The summed E-state index contributed by atoms with van der Waals surface area (Å²) in [6.45, 7) is 2.91. The van der Waals surface area contributed by atoms with Crippen molar-refractivity contribution >= 4 is 11.8 Å². The second-order valence-electron chi connectivity index (χ2n) is 5.69. The Kier molecular flexibility index (Phi) is 5.92. The molecule has 5 heteroatoms. The van der Waals surface area contributed by atoms with Crippen LogP contribution in [0.3, 0.4) is 0 Å². The number of nitrogens with one attached hydrogen (secondary N) is 1. The molecule has 0 aromatic heterocycles. The lowest BCUT2D eigenvalue weighted by molar-refractivity contribution is -0.139. The van der Waals surface area contributed by atoms with E-state index in [2.05, 4.69) is 12.2 Å². The molecule has 1 heterocycles. The fraction of sp³-hybridized carbons (Fsp3) is 0.529. The maximum atomic E-state index is 13.5. The van der Waals surface area contributed by atoms with Gasteiger partial charge in [-0.05, 0) is 31.7 Å². The van der Waals surface area contributed by atoms with Gasteiger partial charge < -0.3 is 10.2 Å². The molecular weight excluding hydrogens is 283 g/mol. The van der Waals surface area contributed by atoms with Crippen molar-refractivity contribution < 1.29 is 14.0 Å². The van der Waals surface area contributed by atoms with Crippen LogP contribution in [0.4, 0.5) is 4.39 Å². The summed E-state index contributed by atoms with van der Waals surface area (Å²) >= 11 is 0. The molecule has 2 rings (SSSR count). The second-order valence-corrected chi connectivity index (χ2v) is 5.69. The van der Waals surface area contributed by atoms with Crippen LogP contribution in [0.15, 0.2) is 24.3 Å². The molecule has 1 fully saturated rings. The van der Waals surface area contributed by atoms with E-state index in [1.54, 1.807) is 18.2 Å². The molecular formula is C17H23FN2O2. The first-order chi connectivity index (χ1) is 10.6. The molecule has 1 N–H and O–H groups in total. The fourth-order valence-electron chi connectivity index (χ4n) is 2.89. The molecule has 120 valence electrons. The van der Waals surface area contributed by atoms with Gasteiger partial charge in [0.2, 0.25) is 11.8 Å². The largest absolute Gasteiger partial charge is 0.351 e. The van der Waals surface area contributed by atoms with E-state index >= 15 is 0 Å². The lowest BCUT2D eigenvalue weighted by Crippen LogP contribution is -2.45. The van der Waals surface area contributed by atoms with Crippen LogP contribution < -0.4 is 5.32 Å². The molecule has 2 amide bonds. The molecule has 1 atom stereocenters. The van der Waals surface area contributed by atoms with Crippen molar-refractivity contribution in [1.82, 2.24) is 10.2 Å². The summed E-state index contributed by atoms with van der Waals surface area (Å²) in [5, 5.41) is 2.62. The Morgan fingerprint density at radius 2 is 2.09 bits per heavy atom. The number of amides is 2. The summed E-state index contributed by atoms with van der Waals surface area (Å²) in [5.74, 6) is -0.831. The smallest absolute Gasteiger partial charge is 0.232 e. The minimum atomic E-state index is -0.353. The number of halogens is 1. The summed E-state index contributed by atoms with van der Waals surface area (Å²) in [7, 11) is 0. The van der Waals surface area contributed by atoms with Crippen LogP contribution in [0.2, 0.25) is 0 Å². The third kappa shape index (κ3) is 4.29. The Bertz CT molecular complexity index is 533. The molecule has 1 aromatic rings. The number of hydrogen-bond donors (Lipinski definition) is 1. The van der Waals surface area contributed by atoms with Crippen LogP contribution in [0.5, 0.6) is 0 Å². The number of nitrogens with zero attached hydrogens (tertiary/aromatic N) is 1. The van der Waals surface area contributed by atoms with Crippen LogP contribution in [0.25, 0.3) is 0 Å². The van der Waals surface area contributed by atoms with Gasteiger partial charge in [0.15, 0.2) is 0 Å². The SMILES string of the molecule is CCC1CCCCN1C(=O)CC(=O)NCc1ccccc1F. The number of hydrogen-bond acceptors (Lipinski definition) is 2. The number of rotatable bonds is 5. The van der Waals surface area contributed by atoms with Crippen LogP contribution in [0.1, 0.15) is 44.6 Å². The van der Waals surface area contributed by atoms with E-state index in [1.165, 1.54) is 6.07 Å². The van der Waals surface area contributed by atoms with Crippen molar-refractivity contribution in [3.63, 3.8) is 0 Å². The summed E-state index contributed by atoms with van der Waals surface area (Å²) in [5.41, 5.74) is 0.424. The third-order valence-electron chi connectivity index (χ3n) is 4.16. The predicted molar refractivity (Wildman–Crippen MR) is 82.5 cm³/mol. The lowest BCUT2D eigenvalue weighted by atomic mass is 9.99. The summed E-state index contributed by atoms with van der Waals surface area (Å²) in [6, 6.07) is 6.54. The van der Waals surface area contributed by atoms with Gasteiger partial charge in [-0.15, -0.1) is 0 Å². The van der Waals surface area contributed by atoms with Gasteiger partial charge in [-0.3, -0.25) is 9.59 Å². The average molecular weight is 306 g/mol. The maximum Gasteiger partial charge on any atom is 0.232 e. The number of carbonyl (C=O) groups excluding carboxylic acids is 2. The molecule has 22 heavy (non-hydrogen) atoms. The molecule has 1 unspecified atom stereocenters. The van der Waals surface area contributed by atoms with Crippen LogP contribution in [-0.4, -0.2) is 29.3 Å². The van der Waals surface area contributed by atoms with E-state index in [0.29, 0.717) is 5.56 Å². The number of piperidine rings is 1. The van der Waals surface area contributed by atoms with Gasteiger partial charge >= 0.3 is 0 Å². The molecule has 0 aliphatic carbocycles. The highest BCUT2D eigenvalue weighted by molar-refractivity contribution is 5.97. The molecule has 0 saturated carbocycles. The quantitative estimate of drug-likeness (QED) is 0.850. The Labute approximate surface area is 130 Å². The third-order valence-corrected chi connectivity index (χ3v) is 4.16. The van der Waals surface area contributed by atoms with E-state index in [9.17, 15) is 14.0 Å². The topological polar surface area (TPSA) is 49.4 Å². The summed E-state index contributed by atoms with van der Waals surface area (Å²) < 4.78 is 13.5. The minimum Gasteiger partial charge on any atom is -0.351 e. The van der Waals surface area contributed by atoms with Gasteiger partial charge in [-0.25, -0.2) is 4.39 Å². The Balaban J connectivity index is 1.83. The van der Waals surface area contributed by atoms with Gasteiger partial charge in [0.1, 0.15) is 12.2 Å². The van der Waals surface area contributed by atoms with Crippen molar-refractivity contribution in [2.24, 2.45) is 0 Å². The van der Waals surface area contributed by atoms with Gasteiger partial charge in [0.25, 0.3) is 0 Å². The molecule has 1 aliphatic rings. The van der Waals surface area contributed by atoms with Gasteiger partial charge in [-0.1, -0.05) is 25.1 Å². The first-order valence-corrected chi connectivity index (χ1v) is 7.91. The van der Waals surface area contributed by atoms with Crippen LogP contribution in [-0.2, 0) is 16.1 Å². The van der Waals surface area contributed by atoms with E-state index < -0.39 is 0 Å². The predicted octanol–water partition coefficient (Wildman–Crippen LogP) is 2.62. The van der Waals surface area contributed by atoms with Crippen molar-refractivity contribution in [1.29, 1.82) is 0 Å². The normalized spacial score (nSPS) is 18.1. The van der Waals surface area contributed by atoms with Crippen molar-refractivity contribution in [2.75, 3.05) is 6.54 Å². The molecule has 0 radical (unpaired) electrons. The average Bonchev–Trinajstić information content (AvgIpc) is 2.54. The highest BCUT2D eigenvalue weighted by Gasteiger charge is 2.26. The number of likely N-dealkylation sites (tertiary alicyclic amines) is 1. The Morgan fingerprint density at radius 3 is 2.82 bits per heavy atom. The number of carbonyl (C=O) groups is 2. The first-order valence-electron chi connectivity index (χ1n) is 7.91. The van der Waals surface area contributed by atoms with Crippen LogP contribution >= 0.6 is 0 Å². The lowest BCUT2D eigenvalue weighted by Gasteiger charge is -2.35. The van der Waals surface area contributed by atoms with Gasteiger partial charge in [0, 0.05) is 24.7 Å². The Morgan fingerprint density at radius 1 is 1.32 bits per heavy atom. The molecule has 0 bridgehead atoms. The first kappa shape index (κ1) is 16.5. The summed E-state index contributed by atoms with van der Waals surface area (Å²) in [4.78, 5) is 26.0. The van der Waals surface area contributed by atoms with Gasteiger partial charge in [0.05, 0.1) is 0 Å². The highest BCUT2D eigenvalue weighted by Crippen LogP contribution is 2.20. The molecule has 0 spiro atoms. The summed E-state index contributed by atoms with van der Waals surface area (Å²) in [6.07, 6.45) is 3.91. The van der Waals surface area contributed by atoms with E-state index in [-0.39, 0.29) is 36.6 Å². The second kappa shape index (κ2) is 7.92. The molecule has 4 nitrogen and oxygen atoms in total. The van der Waals surface area contributed by atoms with Crippen LogP contribution in [0, 0.1) is 5.82 Å². The zero-order valence-electron chi connectivity index (χ0n) is 13.0. The maximum absolute atomic E-state index is 13.5. The standard InChI is InChI=1S/C17H23FN2O2/c1-2-14-8-5-6-10-20(14)17(22)11-16(21)19-12-13-7-3-4-9-15(13)18/h3-4,7,9,14H,2,5-6,8,10-12H2,1H3,(H,19,21). The highest BCUT2D eigenvalue weighted by atomic mass is 19.1. The van der Waals surface area contributed by atoms with Crippen molar-refractivity contribution in [2.45, 2.75) is 51.6 Å². The molecule has 1 aliphatic heterocycles. The zero-order valence-corrected chi connectivity index (χ0v) is 13.0. The van der Waals surface area contributed by atoms with E-state index in [4.69, 9.17) is 0 Å². The van der Waals surface area contributed by atoms with E-state index in [0.717, 1.165) is 32.2 Å².